The third-order valence-electron chi connectivity index (χ3n) is 5.19. The summed E-state index contributed by atoms with van der Waals surface area (Å²) in [6.07, 6.45) is 10.7. The highest BCUT2D eigenvalue weighted by molar-refractivity contribution is 4.97. The van der Waals surface area contributed by atoms with Crippen LogP contribution >= 0.6 is 0 Å². The third-order valence-corrected chi connectivity index (χ3v) is 5.19. The van der Waals surface area contributed by atoms with E-state index in [-0.39, 0.29) is 0 Å². The van der Waals surface area contributed by atoms with Gasteiger partial charge in [0.1, 0.15) is 0 Å². The molecule has 21 heavy (non-hydrogen) atoms. The molecule has 1 aromatic heterocycles. The smallest absolute Gasteiger partial charge is 0.226 e. The standard InChI is InChI=1S/C17H31N3O/c1-3-13-5-8-15(9-6-13)17-19-16(21-20-17)10-7-14(4-2)11-12-18/h13-15H,3-12,18H2,1-2H3. The second-order valence-electron chi connectivity index (χ2n) is 6.56. The van der Waals surface area contributed by atoms with E-state index in [1.807, 2.05) is 0 Å². The van der Waals surface area contributed by atoms with E-state index >= 15 is 0 Å². The summed E-state index contributed by atoms with van der Waals surface area (Å²) in [6.45, 7) is 5.29. The molecule has 0 saturated heterocycles. The Kier molecular flexibility index (Phi) is 6.68. The molecule has 1 saturated carbocycles. The maximum Gasteiger partial charge on any atom is 0.226 e. The van der Waals surface area contributed by atoms with Gasteiger partial charge in [-0.25, -0.2) is 0 Å². The quantitative estimate of drug-likeness (QED) is 0.785. The molecule has 1 unspecified atom stereocenters. The molecule has 1 fully saturated rings. The van der Waals surface area contributed by atoms with Crippen molar-refractivity contribution < 1.29 is 4.52 Å². The minimum atomic E-state index is 0.524. The highest BCUT2D eigenvalue weighted by Gasteiger charge is 2.25. The van der Waals surface area contributed by atoms with E-state index in [9.17, 15) is 0 Å². The van der Waals surface area contributed by atoms with E-state index in [1.54, 1.807) is 0 Å². The van der Waals surface area contributed by atoms with Crippen LogP contribution in [0.1, 0.15) is 82.8 Å². The van der Waals surface area contributed by atoms with E-state index in [4.69, 9.17) is 10.3 Å². The van der Waals surface area contributed by atoms with Crippen LogP contribution in [0, 0.1) is 11.8 Å². The number of aromatic nitrogens is 2. The second kappa shape index (κ2) is 8.52. The van der Waals surface area contributed by atoms with Crippen LogP contribution in [-0.2, 0) is 6.42 Å². The van der Waals surface area contributed by atoms with Crippen molar-refractivity contribution in [3.63, 3.8) is 0 Å². The lowest BCUT2D eigenvalue weighted by atomic mass is 9.80. The van der Waals surface area contributed by atoms with Gasteiger partial charge in [-0.15, -0.1) is 0 Å². The van der Waals surface area contributed by atoms with Crippen LogP contribution in [0.25, 0.3) is 0 Å². The van der Waals surface area contributed by atoms with Gasteiger partial charge in [-0.3, -0.25) is 0 Å². The minimum Gasteiger partial charge on any atom is -0.339 e. The Balaban J connectivity index is 1.81. The molecular formula is C17H31N3O. The summed E-state index contributed by atoms with van der Waals surface area (Å²) in [6, 6.07) is 0. The van der Waals surface area contributed by atoms with Crippen molar-refractivity contribution in [1.82, 2.24) is 10.1 Å². The summed E-state index contributed by atoms with van der Waals surface area (Å²) in [4.78, 5) is 4.64. The molecule has 1 heterocycles. The van der Waals surface area contributed by atoms with E-state index in [0.717, 1.165) is 43.4 Å². The Labute approximate surface area is 128 Å². The summed E-state index contributed by atoms with van der Waals surface area (Å²) in [5.74, 6) is 3.89. The van der Waals surface area contributed by atoms with Gasteiger partial charge in [0.2, 0.25) is 5.89 Å². The first-order chi connectivity index (χ1) is 10.3. The maximum atomic E-state index is 5.65. The molecular weight excluding hydrogens is 262 g/mol. The fourth-order valence-corrected chi connectivity index (χ4v) is 3.48. The predicted octanol–water partition coefficient (Wildman–Crippen LogP) is 4.06. The molecule has 1 atom stereocenters. The van der Waals surface area contributed by atoms with Crippen LogP contribution in [0.4, 0.5) is 0 Å². The first-order valence-electron chi connectivity index (χ1n) is 8.79. The van der Waals surface area contributed by atoms with Gasteiger partial charge >= 0.3 is 0 Å². The zero-order chi connectivity index (χ0) is 15.1. The highest BCUT2D eigenvalue weighted by Crippen LogP contribution is 2.35. The van der Waals surface area contributed by atoms with Gasteiger partial charge in [-0.05, 0) is 56.9 Å². The Morgan fingerprint density at radius 1 is 1.19 bits per heavy atom. The van der Waals surface area contributed by atoms with Crippen LogP contribution in [0.5, 0.6) is 0 Å². The predicted molar refractivity (Wildman–Crippen MR) is 85.1 cm³/mol. The van der Waals surface area contributed by atoms with Gasteiger partial charge in [0.05, 0.1) is 0 Å². The second-order valence-corrected chi connectivity index (χ2v) is 6.56. The molecule has 4 nitrogen and oxygen atoms in total. The SMILES string of the molecule is CCC(CCN)CCc1nc(C2CCC(CC)CC2)no1. The summed E-state index contributed by atoms with van der Waals surface area (Å²) >= 11 is 0. The maximum absolute atomic E-state index is 5.65. The van der Waals surface area contributed by atoms with Gasteiger partial charge in [-0.1, -0.05) is 31.8 Å². The van der Waals surface area contributed by atoms with Crippen molar-refractivity contribution in [2.24, 2.45) is 17.6 Å². The van der Waals surface area contributed by atoms with Crippen molar-refractivity contribution in [3.05, 3.63) is 11.7 Å². The van der Waals surface area contributed by atoms with E-state index in [2.05, 4.69) is 24.0 Å². The van der Waals surface area contributed by atoms with Crippen molar-refractivity contribution in [1.29, 1.82) is 0 Å². The van der Waals surface area contributed by atoms with Crippen LogP contribution < -0.4 is 5.73 Å². The van der Waals surface area contributed by atoms with Crippen molar-refractivity contribution >= 4 is 0 Å². The molecule has 1 aromatic rings. The van der Waals surface area contributed by atoms with Crippen LogP contribution in [0.2, 0.25) is 0 Å². The topological polar surface area (TPSA) is 64.9 Å². The van der Waals surface area contributed by atoms with Gasteiger partial charge in [0.15, 0.2) is 5.82 Å². The number of nitrogens with two attached hydrogens (primary N) is 1. The Morgan fingerprint density at radius 2 is 1.95 bits per heavy atom. The third kappa shape index (κ3) is 4.80. The molecule has 0 bridgehead atoms. The lowest BCUT2D eigenvalue weighted by Gasteiger charge is -2.25. The average molecular weight is 293 g/mol. The van der Waals surface area contributed by atoms with Gasteiger partial charge in [-0.2, -0.15) is 4.98 Å². The van der Waals surface area contributed by atoms with E-state index in [1.165, 1.54) is 38.5 Å². The zero-order valence-corrected chi connectivity index (χ0v) is 13.7. The number of nitrogens with zero attached hydrogens (tertiary/aromatic N) is 2. The summed E-state index contributed by atoms with van der Waals surface area (Å²) in [7, 11) is 0. The summed E-state index contributed by atoms with van der Waals surface area (Å²) in [5, 5.41) is 4.23. The molecule has 0 spiro atoms. The minimum absolute atomic E-state index is 0.524. The van der Waals surface area contributed by atoms with Crippen molar-refractivity contribution in [3.8, 4) is 0 Å². The fraction of sp³-hybridized carbons (Fsp3) is 0.882. The molecule has 2 rings (SSSR count). The molecule has 120 valence electrons. The molecule has 2 N–H and O–H groups in total. The Hall–Kier alpha value is -0.900. The average Bonchev–Trinajstić information content (AvgIpc) is 3.00. The monoisotopic (exact) mass is 293 g/mol. The summed E-state index contributed by atoms with van der Waals surface area (Å²) in [5.41, 5.74) is 5.65. The first-order valence-corrected chi connectivity index (χ1v) is 8.79. The number of aryl methyl sites for hydroxylation is 1. The normalized spacial score (nSPS) is 24.1. The van der Waals surface area contributed by atoms with Gasteiger partial charge in [0, 0.05) is 12.3 Å². The Morgan fingerprint density at radius 3 is 2.57 bits per heavy atom. The highest BCUT2D eigenvalue weighted by atomic mass is 16.5. The number of hydrogen-bond donors (Lipinski definition) is 1. The number of hydrogen-bond acceptors (Lipinski definition) is 4. The van der Waals surface area contributed by atoms with Crippen molar-refractivity contribution in [2.45, 2.75) is 77.6 Å². The Bertz CT molecular complexity index is 396. The van der Waals surface area contributed by atoms with E-state index in [0.29, 0.717) is 11.8 Å². The lowest BCUT2D eigenvalue weighted by Crippen LogP contribution is -2.13. The van der Waals surface area contributed by atoms with E-state index < -0.39 is 0 Å². The molecule has 0 aromatic carbocycles. The molecule has 0 radical (unpaired) electrons. The molecule has 1 aliphatic rings. The van der Waals surface area contributed by atoms with Crippen LogP contribution in [-0.4, -0.2) is 16.7 Å². The van der Waals surface area contributed by atoms with Gasteiger partial charge in [0.25, 0.3) is 0 Å². The molecule has 1 aliphatic carbocycles. The largest absolute Gasteiger partial charge is 0.339 e. The number of rotatable bonds is 8. The van der Waals surface area contributed by atoms with Crippen LogP contribution in [0.15, 0.2) is 4.52 Å². The lowest BCUT2D eigenvalue weighted by molar-refractivity contribution is 0.302. The van der Waals surface area contributed by atoms with Gasteiger partial charge < -0.3 is 10.3 Å². The summed E-state index contributed by atoms with van der Waals surface area (Å²) < 4.78 is 5.45. The zero-order valence-electron chi connectivity index (χ0n) is 13.7. The molecule has 0 amide bonds. The molecule has 0 aliphatic heterocycles. The van der Waals surface area contributed by atoms with Crippen molar-refractivity contribution in [2.75, 3.05) is 6.54 Å². The molecule has 4 heteroatoms. The fourth-order valence-electron chi connectivity index (χ4n) is 3.48. The first kappa shape index (κ1) is 16.5. The van der Waals surface area contributed by atoms with Crippen LogP contribution in [0.3, 0.4) is 0 Å².